The van der Waals surface area contributed by atoms with Gasteiger partial charge in [0.1, 0.15) is 12.0 Å². The van der Waals surface area contributed by atoms with Crippen LogP contribution < -0.4 is 5.32 Å². The van der Waals surface area contributed by atoms with Gasteiger partial charge in [-0.05, 0) is 44.1 Å². The summed E-state index contributed by atoms with van der Waals surface area (Å²) in [5.74, 6) is 0.113. The second-order valence-corrected chi connectivity index (χ2v) is 4.95. The highest BCUT2D eigenvalue weighted by atomic mass is 16.5. The van der Waals surface area contributed by atoms with Crippen molar-refractivity contribution in [3.05, 3.63) is 41.9 Å². The molecule has 3 heterocycles. The zero-order valence-corrected chi connectivity index (χ0v) is 11.2. The molecule has 0 aromatic carbocycles. The van der Waals surface area contributed by atoms with Gasteiger partial charge in [-0.15, -0.1) is 0 Å². The minimum atomic E-state index is -0.276. The van der Waals surface area contributed by atoms with E-state index in [0.717, 1.165) is 18.5 Å². The summed E-state index contributed by atoms with van der Waals surface area (Å²) in [4.78, 5) is 18.5. The molecule has 1 aliphatic rings. The molecular formula is C14H16N4O2. The zero-order chi connectivity index (χ0) is 13.9. The van der Waals surface area contributed by atoms with E-state index in [1.54, 1.807) is 12.3 Å². The van der Waals surface area contributed by atoms with Gasteiger partial charge in [0.15, 0.2) is 5.82 Å². The first-order chi connectivity index (χ1) is 9.74. The van der Waals surface area contributed by atoms with Crippen molar-refractivity contribution in [2.75, 3.05) is 18.9 Å². The number of nitrogens with zero attached hydrogens (tertiary/aromatic N) is 3. The standard InChI is InChI=1S/C14H16N4O2/c1-18-7-2-3-12(18)10-4-6-15-11(9-10)14(19)16-13-5-8-20-17-13/h4-6,8-9,12H,2-3,7H2,1H3,(H,16,17,19)/t12-/m0/s1. The molecule has 0 aliphatic carbocycles. The monoisotopic (exact) mass is 272 g/mol. The predicted molar refractivity (Wildman–Crippen MR) is 73.3 cm³/mol. The Morgan fingerprint density at radius 1 is 1.50 bits per heavy atom. The molecule has 0 bridgehead atoms. The second-order valence-electron chi connectivity index (χ2n) is 4.95. The molecule has 1 fully saturated rings. The molecule has 6 nitrogen and oxygen atoms in total. The Balaban J connectivity index is 1.78. The Labute approximate surface area is 116 Å². The van der Waals surface area contributed by atoms with Gasteiger partial charge in [-0.2, -0.15) is 0 Å². The molecule has 0 unspecified atom stereocenters. The number of likely N-dealkylation sites (tertiary alicyclic amines) is 1. The molecule has 6 heteroatoms. The van der Waals surface area contributed by atoms with Crippen molar-refractivity contribution in [1.82, 2.24) is 15.0 Å². The van der Waals surface area contributed by atoms with Crippen molar-refractivity contribution in [2.24, 2.45) is 0 Å². The summed E-state index contributed by atoms with van der Waals surface area (Å²) in [6.45, 7) is 1.09. The number of carbonyl (C=O) groups excluding carboxylic acids is 1. The maximum atomic E-state index is 12.1. The van der Waals surface area contributed by atoms with Crippen LogP contribution in [0.5, 0.6) is 0 Å². The lowest BCUT2D eigenvalue weighted by Crippen LogP contribution is -2.19. The Kier molecular flexibility index (Phi) is 3.47. The summed E-state index contributed by atoms with van der Waals surface area (Å²) >= 11 is 0. The summed E-state index contributed by atoms with van der Waals surface area (Å²) < 4.78 is 4.68. The number of aromatic nitrogens is 2. The number of nitrogens with one attached hydrogen (secondary N) is 1. The van der Waals surface area contributed by atoms with Gasteiger partial charge in [0.25, 0.3) is 5.91 Å². The number of hydrogen-bond donors (Lipinski definition) is 1. The molecule has 1 N–H and O–H groups in total. The zero-order valence-electron chi connectivity index (χ0n) is 11.2. The van der Waals surface area contributed by atoms with E-state index < -0.39 is 0 Å². The van der Waals surface area contributed by atoms with Crippen LogP contribution in [0.2, 0.25) is 0 Å². The average Bonchev–Trinajstić information content (AvgIpc) is 3.10. The van der Waals surface area contributed by atoms with Crippen molar-refractivity contribution in [2.45, 2.75) is 18.9 Å². The molecule has 0 spiro atoms. The van der Waals surface area contributed by atoms with E-state index >= 15 is 0 Å². The SMILES string of the molecule is CN1CCC[C@H]1c1ccnc(C(=O)Nc2ccon2)c1. The molecule has 1 amide bonds. The molecule has 2 aromatic heterocycles. The van der Waals surface area contributed by atoms with Gasteiger partial charge in [-0.25, -0.2) is 0 Å². The maximum Gasteiger partial charge on any atom is 0.275 e. The largest absolute Gasteiger partial charge is 0.363 e. The topological polar surface area (TPSA) is 71.3 Å². The first-order valence-electron chi connectivity index (χ1n) is 6.62. The Morgan fingerprint density at radius 3 is 3.10 bits per heavy atom. The number of pyridine rings is 1. The first kappa shape index (κ1) is 12.8. The van der Waals surface area contributed by atoms with Crippen LogP contribution >= 0.6 is 0 Å². The molecule has 1 saturated heterocycles. The van der Waals surface area contributed by atoms with Crippen molar-refractivity contribution in [3.63, 3.8) is 0 Å². The van der Waals surface area contributed by atoms with Gasteiger partial charge in [-0.1, -0.05) is 5.16 Å². The van der Waals surface area contributed by atoms with Crippen LogP contribution in [0.25, 0.3) is 0 Å². The summed E-state index contributed by atoms with van der Waals surface area (Å²) in [7, 11) is 2.10. The number of anilines is 1. The molecule has 0 radical (unpaired) electrons. The maximum absolute atomic E-state index is 12.1. The van der Waals surface area contributed by atoms with Gasteiger partial charge in [0.05, 0.1) is 0 Å². The van der Waals surface area contributed by atoms with Crippen LogP contribution in [0.15, 0.2) is 35.2 Å². The highest BCUT2D eigenvalue weighted by Gasteiger charge is 2.23. The van der Waals surface area contributed by atoms with Crippen LogP contribution in [0.1, 0.15) is 34.9 Å². The number of carbonyl (C=O) groups is 1. The fraction of sp³-hybridized carbons (Fsp3) is 0.357. The summed E-state index contributed by atoms with van der Waals surface area (Å²) in [5.41, 5.74) is 1.52. The number of amides is 1. The number of hydrogen-bond acceptors (Lipinski definition) is 5. The van der Waals surface area contributed by atoms with E-state index in [9.17, 15) is 4.79 Å². The predicted octanol–water partition coefficient (Wildman–Crippen LogP) is 2.09. The molecule has 1 aliphatic heterocycles. The quantitative estimate of drug-likeness (QED) is 0.926. The Morgan fingerprint density at radius 2 is 2.40 bits per heavy atom. The molecule has 2 aromatic rings. The molecule has 1 atom stereocenters. The van der Waals surface area contributed by atoms with E-state index in [-0.39, 0.29) is 5.91 Å². The fourth-order valence-corrected chi connectivity index (χ4v) is 2.57. The van der Waals surface area contributed by atoms with Crippen molar-refractivity contribution in [3.8, 4) is 0 Å². The molecule has 20 heavy (non-hydrogen) atoms. The van der Waals surface area contributed by atoms with Crippen molar-refractivity contribution < 1.29 is 9.32 Å². The van der Waals surface area contributed by atoms with Gasteiger partial charge < -0.3 is 9.84 Å². The average molecular weight is 272 g/mol. The smallest absolute Gasteiger partial charge is 0.275 e. The third-order valence-electron chi connectivity index (χ3n) is 3.60. The van der Waals surface area contributed by atoms with Gasteiger partial charge in [-0.3, -0.25) is 14.7 Å². The lowest BCUT2D eigenvalue weighted by molar-refractivity contribution is 0.102. The van der Waals surface area contributed by atoms with Crippen LogP contribution in [-0.2, 0) is 0 Å². The minimum absolute atomic E-state index is 0.276. The summed E-state index contributed by atoms with van der Waals surface area (Å²) in [5, 5.41) is 6.30. The van der Waals surface area contributed by atoms with E-state index in [0.29, 0.717) is 17.6 Å². The Bertz CT molecular complexity index is 597. The summed E-state index contributed by atoms with van der Waals surface area (Å²) in [6, 6.07) is 5.78. The third kappa shape index (κ3) is 2.55. The van der Waals surface area contributed by atoms with Crippen molar-refractivity contribution >= 4 is 11.7 Å². The van der Waals surface area contributed by atoms with E-state index in [4.69, 9.17) is 0 Å². The lowest BCUT2D eigenvalue weighted by Gasteiger charge is -2.19. The molecule has 3 rings (SSSR count). The molecule has 0 saturated carbocycles. The van der Waals surface area contributed by atoms with E-state index in [1.807, 2.05) is 12.1 Å². The van der Waals surface area contributed by atoms with Gasteiger partial charge in [0.2, 0.25) is 0 Å². The fourth-order valence-electron chi connectivity index (χ4n) is 2.57. The lowest BCUT2D eigenvalue weighted by atomic mass is 10.1. The van der Waals surface area contributed by atoms with Crippen LogP contribution in [-0.4, -0.2) is 34.5 Å². The number of rotatable bonds is 3. The molecule has 104 valence electrons. The highest BCUT2D eigenvalue weighted by Crippen LogP contribution is 2.30. The minimum Gasteiger partial charge on any atom is -0.363 e. The van der Waals surface area contributed by atoms with Gasteiger partial charge >= 0.3 is 0 Å². The van der Waals surface area contributed by atoms with Crippen LogP contribution in [0, 0.1) is 0 Å². The van der Waals surface area contributed by atoms with E-state index in [1.165, 1.54) is 12.7 Å². The molecular weight excluding hydrogens is 256 g/mol. The highest BCUT2D eigenvalue weighted by molar-refractivity contribution is 6.02. The third-order valence-corrected chi connectivity index (χ3v) is 3.60. The first-order valence-corrected chi connectivity index (χ1v) is 6.62. The normalized spacial score (nSPS) is 19.1. The van der Waals surface area contributed by atoms with Crippen LogP contribution in [0.3, 0.4) is 0 Å². The van der Waals surface area contributed by atoms with Gasteiger partial charge in [0, 0.05) is 18.3 Å². The van der Waals surface area contributed by atoms with Crippen molar-refractivity contribution in [1.29, 1.82) is 0 Å². The summed E-state index contributed by atoms with van der Waals surface area (Å²) in [6.07, 6.45) is 5.39. The van der Waals surface area contributed by atoms with E-state index in [2.05, 4.69) is 31.9 Å². The second kappa shape index (κ2) is 5.42. The van der Waals surface area contributed by atoms with Crippen LogP contribution in [0.4, 0.5) is 5.82 Å². The Hall–Kier alpha value is -2.21.